The predicted octanol–water partition coefficient (Wildman–Crippen LogP) is 0.434. The van der Waals surface area contributed by atoms with Crippen LogP contribution in [0.15, 0.2) is 35.4 Å². The molecule has 3 heterocycles. The van der Waals surface area contributed by atoms with Crippen LogP contribution in [0.2, 0.25) is 0 Å². The first-order valence-electron chi connectivity index (χ1n) is 10.5. The molecule has 1 aromatic carbocycles. The summed E-state index contributed by atoms with van der Waals surface area (Å²) in [4.78, 5) is 43.0. The highest BCUT2D eigenvalue weighted by molar-refractivity contribution is 5.79. The number of ether oxygens (including phenoxy) is 1. The van der Waals surface area contributed by atoms with Crippen LogP contribution in [0.5, 0.6) is 0 Å². The smallest absolute Gasteiger partial charge is 0.261 e. The maximum absolute atomic E-state index is 12.8. The zero-order chi connectivity index (χ0) is 22.2. The Labute approximate surface area is 180 Å². The number of aliphatic hydroxyl groups is 1. The number of para-hydroxylation sites is 1. The molecule has 2 aliphatic rings. The molecule has 31 heavy (non-hydrogen) atoms. The van der Waals surface area contributed by atoms with Crippen molar-refractivity contribution in [3.05, 3.63) is 40.9 Å². The van der Waals surface area contributed by atoms with Crippen LogP contribution in [0.25, 0.3) is 10.9 Å². The van der Waals surface area contributed by atoms with Gasteiger partial charge in [0.2, 0.25) is 11.8 Å². The number of hydrogen-bond acceptors (Lipinski definition) is 6. The molecule has 9 nitrogen and oxygen atoms in total. The number of likely N-dealkylation sites (tertiary alicyclic amines) is 1. The summed E-state index contributed by atoms with van der Waals surface area (Å²) in [5, 5.41) is 13.9. The number of amides is 2. The number of carbonyl (C=O) groups is 2. The lowest BCUT2D eigenvalue weighted by molar-refractivity contribution is -0.194. The molecule has 4 rings (SSSR count). The second kappa shape index (κ2) is 8.05. The molecule has 1 spiro atoms. The minimum atomic E-state index is -1.13. The zero-order valence-electron chi connectivity index (χ0n) is 17.8. The van der Waals surface area contributed by atoms with Gasteiger partial charge in [0.1, 0.15) is 12.1 Å². The Morgan fingerprint density at radius 3 is 2.71 bits per heavy atom. The van der Waals surface area contributed by atoms with E-state index in [-0.39, 0.29) is 30.5 Å². The van der Waals surface area contributed by atoms with Crippen LogP contribution < -0.4 is 10.9 Å². The molecule has 2 amide bonds. The van der Waals surface area contributed by atoms with Crippen molar-refractivity contribution in [1.29, 1.82) is 0 Å². The van der Waals surface area contributed by atoms with Crippen LogP contribution >= 0.6 is 0 Å². The summed E-state index contributed by atoms with van der Waals surface area (Å²) in [7, 11) is 0. The molecule has 2 atom stereocenters. The number of piperidine rings is 1. The fourth-order valence-corrected chi connectivity index (χ4v) is 4.48. The normalized spacial score (nSPS) is 25.5. The fraction of sp³-hybridized carbons (Fsp3) is 0.545. The van der Waals surface area contributed by atoms with Gasteiger partial charge in [-0.2, -0.15) is 0 Å². The van der Waals surface area contributed by atoms with E-state index in [9.17, 15) is 19.5 Å². The van der Waals surface area contributed by atoms with Crippen molar-refractivity contribution in [1.82, 2.24) is 19.8 Å². The summed E-state index contributed by atoms with van der Waals surface area (Å²) < 4.78 is 7.39. The third-order valence-corrected chi connectivity index (χ3v) is 6.44. The average Bonchev–Trinajstić information content (AvgIpc) is 2.73. The molecular formula is C22H28N4O5. The van der Waals surface area contributed by atoms with Crippen molar-refractivity contribution in [3.63, 3.8) is 0 Å². The second-order valence-electron chi connectivity index (χ2n) is 8.86. The number of nitrogens with zero attached hydrogens (tertiary/aromatic N) is 3. The molecule has 2 aliphatic heterocycles. The molecule has 2 fully saturated rings. The van der Waals surface area contributed by atoms with Crippen molar-refractivity contribution in [3.8, 4) is 0 Å². The highest BCUT2D eigenvalue weighted by Gasteiger charge is 2.49. The van der Waals surface area contributed by atoms with Gasteiger partial charge < -0.3 is 20.1 Å². The van der Waals surface area contributed by atoms with Crippen molar-refractivity contribution < 1.29 is 19.4 Å². The zero-order valence-corrected chi connectivity index (χ0v) is 17.8. The van der Waals surface area contributed by atoms with E-state index in [1.807, 2.05) is 6.07 Å². The quantitative estimate of drug-likeness (QED) is 0.733. The molecule has 0 aliphatic carbocycles. The first-order chi connectivity index (χ1) is 14.7. The first-order valence-corrected chi connectivity index (χ1v) is 10.5. The van der Waals surface area contributed by atoms with E-state index in [4.69, 9.17) is 4.74 Å². The molecule has 0 radical (unpaired) electrons. The average molecular weight is 428 g/mol. The Kier molecular flexibility index (Phi) is 5.57. The van der Waals surface area contributed by atoms with Crippen molar-refractivity contribution in [2.45, 2.75) is 56.9 Å². The van der Waals surface area contributed by atoms with Gasteiger partial charge in [-0.25, -0.2) is 4.98 Å². The Morgan fingerprint density at radius 1 is 1.29 bits per heavy atom. The number of fused-ring (bicyclic) bond motifs is 1. The van der Waals surface area contributed by atoms with E-state index in [0.29, 0.717) is 43.3 Å². The van der Waals surface area contributed by atoms with Gasteiger partial charge in [-0.1, -0.05) is 12.1 Å². The van der Waals surface area contributed by atoms with Gasteiger partial charge in [0.05, 0.1) is 35.5 Å². The van der Waals surface area contributed by atoms with Crippen LogP contribution in [-0.2, 0) is 20.9 Å². The Hall–Kier alpha value is -2.78. The molecule has 1 aromatic heterocycles. The molecular weight excluding hydrogens is 400 g/mol. The molecule has 166 valence electrons. The van der Waals surface area contributed by atoms with Crippen molar-refractivity contribution >= 4 is 22.7 Å². The van der Waals surface area contributed by atoms with Crippen LogP contribution in [0.4, 0.5) is 0 Å². The van der Waals surface area contributed by atoms with Crippen LogP contribution in [0, 0.1) is 0 Å². The van der Waals surface area contributed by atoms with Crippen LogP contribution in [-0.4, -0.2) is 68.3 Å². The lowest BCUT2D eigenvalue weighted by atomic mass is 9.77. The summed E-state index contributed by atoms with van der Waals surface area (Å²) in [6.45, 7) is 4.14. The van der Waals surface area contributed by atoms with E-state index in [1.54, 1.807) is 30.0 Å². The van der Waals surface area contributed by atoms with Gasteiger partial charge in [0.15, 0.2) is 0 Å². The Morgan fingerprint density at radius 2 is 2.00 bits per heavy atom. The molecule has 0 bridgehead atoms. The van der Waals surface area contributed by atoms with Crippen LogP contribution in [0.1, 0.15) is 33.1 Å². The van der Waals surface area contributed by atoms with Gasteiger partial charge >= 0.3 is 0 Å². The van der Waals surface area contributed by atoms with E-state index >= 15 is 0 Å². The molecule has 2 aromatic rings. The molecule has 0 unspecified atom stereocenters. The number of aromatic nitrogens is 2. The van der Waals surface area contributed by atoms with Crippen molar-refractivity contribution in [2.24, 2.45) is 0 Å². The van der Waals surface area contributed by atoms with E-state index in [0.717, 1.165) is 0 Å². The second-order valence-corrected chi connectivity index (χ2v) is 8.86. The highest BCUT2D eigenvalue weighted by atomic mass is 16.5. The third-order valence-electron chi connectivity index (χ3n) is 6.44. The minimum absolute atomic E-state index is 0.0618. The predicted molar refractivity (Wildman–Crippen MR) is 113 cm³/mol. The number of nitrogens with one attached hydrogen (secondary N) is 1. The molecule has 2 saturated heterocycles. The molecule has 2 N–H and O–H groups in total. The standard InChI is InChI=1S/C22H28N4O5/c1-15(27)24-18-11-22(31-13-21(18,2)30)7-9-25(10-8-22)19(28)12-26-14-23-17-6-4-3-5-16(17)20(26)29/h3-6,14,18,30H,7-13H2,1-2H3,(H,24,27)/t18-,21-/m0/s1. The Balaban J connectivity index is 1.41. The molecule has 0 saturated carbocycles. The largest absolute Gasteiger partial charge is 0.386 e. The van der Waals surface area contributed by atoms with E-state index in [2.05, 4.69) is 10.3 Å². The van der Waals surface area contributed by atoms with Gasteiger partial charge in [-0.3, -0.25) is 19.0 Å². The maximum atomic E-state index is 12.8. The maximum Gasteiger partial charge on any atom is 0.261 e. The van der Waals surface area contributed by atoms with Gasteiger partial charge in [-0.05, 0) is 38.3 Å². The topological polar surface area (TPSA) is 114 Å². The van der Waals surface area contributed by atoms with E-state index < -0.39 is 17.2 Å². The summed E-state index contributed by atoms with van der Waals surface area (Å²) in [6.07, 6.45) is 3.12. The lowest BCUT2D eigenvalue weighted by Crippen LogP contribution is -2.64. The Bertz CT molecular complexity index is 1060. The fourth-order valence-electron chi connectivity index (χ4n) is 4.48. The summed E-state index contributed by atoms with van der Waals surface area (Å²) in [5.41, 5.74) is -1.24. The minimum Gasteiger partial charge on any atom is -0.386 e. The summed E-state index contributed by atoms with van der Waals surface area (Å²) in [5.74, 6) is -0.334. The summed E-state index contributed by atoms with van der Waals surface area (Å²) >= 11 is 0. The summed E-state index contributed by atoms with van der Waals surface area (Å²) in [6, 6.07) is 6.66. The van der Waals surface area contributed by atoms with Gasteiger partial charge in [0, 0.05) is 20.0 Å². The monoisotopic (exact) mass is 428 g/mol. The van der Waals surface area contributed by atoms with Crippen molar-refractivity contribution in [2.75, 3.05) is 19.7 Å². The number of rotatable bonds is 3. The first kappa shape index (κ1) is 21.5. The molecule has 9 heteroatoms. The van der Waals surface area contributed by atoms with Crippen LogP contribution in [0.3, 0.4) is 0 Å². The lowest BCUT2D eigenvalue weighted by Gasteiger charge is -2.50. The third kappa shape index (κ3) is 4.33. The van der Waals surface area contributed by atoms with Gasteiger partial charge in [-0.15, -0.1) is 0 Å². The number of hydrogen-bond donors (Lipinski definition) is 2. The highest BCUT2D eigenvalue weighted by Crippen LogP contribution is 2.38. The van der Waals surface area contributed by atoms with Gasteiger partial charge in [0.25, 0.3) is 5.56 Å². The van der Waals surface area contributed by atoms with E-state index in [1.165, 1.54) is 17.8 Å². The number of carbonyl (C=O) groups excluding carboxylic acids is 2. The number of benzene rings is 1. The SMILES string of the molecule is CC(=O)N[C@H]1CC2(CCN(C(=O)Cn3cnc4ccccc4c3=O)CC2)OC[C@]1(C)O.